The van der Waals surface area contributed by atoms with Crippen molar-refractivity contribution in [3.63, 3.8) is 0 Å². The van der Waals surface area contributed by atoms with Gasteiger partial charge in [-0.15, -0.1) is 0 Å². The lowest BCUT2D eigenvalue weighted by molar-refractivity contribution is -0.127. The fraction of sp³-hybridized carbons (Fsp3) is 0.333. The number of hydrogen-bond acceptors (Lipinski definition) is 2. The van der Waals surface area contributed by atoms with Crippen LogP contribution < -0.4 is 5.32 Å². The van der Waals surface area contributed by atoms with Crippen molar-refractivity contribution in [2.45, 2.75) is 25.8 Å². The van der Waals surface area contributed by atoms with Gasteiger partial charge in [0.2, 0.25) is 5.91 Å². The highest BCUT2D eigenvalue weighted by Gasteiger charge is 2.28. The molecule has 2 aromatic rings. The maximum absolute atomic E-state index is 13.4. The number of likely N-dealkylation sites (tertiary alicyclic amines) is 1. The first kappa shape index (κ1) is 19.9. The molecule has 2 amide bonds. The molecule has 0 spiro atoms. The molecule has 1 saturated heterocycles. The van der Waals surface area contributed by atoms with Gasteiger partial charge in [-0.05, 0) is 61.7 Å². The lowest BCUT2D eigenvalue weighted by atomic mass is 9.94. The lowest BCUT2D eigenvalue weighted by Gasteiger charge is -2.32. The summed E-state index contributed by atoms with van der Waals surface area (Å²) in [5.41, 5.74) is 0.896. The molecule has 1 unspecified atom stereocenters. The SMILES string of the molecule is CC(NC(=O)C1CCN(C(=O)c2ccc(F)cc2)CC1)c1ccc(F)c(F)c1. The highest BCUT2D eigenvalue weighted by Crippen LogP contribution is 2.22. The maximum atomic E-state index is 13.4. The zero-order valence-corrected chi connectivity index (χ0v) is 15.4. The minimum Gasteiger partial charge on any atom is -0.349 e. The Hall–Kier alpha value is -2.83. The number of hydrogen-bond donors (Lipinski definition) is 1. The van der Waals surface area contributed by atoms with E-state index in [1.54, 1.807) is 11.8 Å². The van der Waals surface area contributed by atoms with Gasteiger partial charge in [-0.3, -0.25) is 9.59 Å². The molecule has 148 valence electrons. The van der Waals surface area contributed by atoms with E-state index in [1.807, 2.05) is 0 Å². The molecular formula is C21H21F3N2O2. The minimum absolute atomic E-state index is 0.175. The van der Waals surface area contributed by atoms with E-state index < -0.39 is 23.5 Å². The van der Waals surface area contributed by atoms with Crippen LogP contribution in [-0.2, 0) is 4.79 Å². The van der Waals surface area contributed by atoms with Gasteiger partial charge >= 0.3 is 0 Å². The first-order chi connectivity index (χ1) is 13.3. The molecule has 0 aliphatic carbocycles. The van der Waals surface area contributed by atoms with E-state index in [0.29, 0.717) is 37.1 Å². The molecule has 0 bridgehead atoms. The summed E-state index contributed by atoms with van der Waals surface area (Å²) in [6.45, 7) is 2.56. The van der Waals surface area contributed by atoms with Crippen molar-refractivity contribution in [3.05, 3.63) is 71.0 Å². The molecule has 28 heavy (non-hydrogen) atoms. The zero-order valence-electron chi connectivity index (χ0n) is 15.4. The van der Waals surface area contributed by atoms with Gasteiger partial charge in [0.05, 0.1) is 6.04 Å². The second-order valence-corrected chi connectivity index (χ2v) is 6.98. The summed E-state index contributed by atoms with van der Waals surface area (Å²) >= 11 is 0. The number of nitrogens with zero attached hydrogens (tertiary/aromatic N) is 1. The largest absolute Gasteiger partial charge is 0.349 e. The van der Waals surface area contributed by atoms with Crippen LogP contribution in [0, 0.1) is 23.4 Å². The van der Waals surface area contributed by atoms with Crippen molar-refractivity contribution in [1.82, 2.24) is 10.2 Å². The van der Waals surface area contributed by atoms with Crippen molar-refractivity contribution in [2.75, 3.05) is 13.1 Å². The summed E-state index contributed by atoms with van der Waals surface area (Å²) in [4.78, 5) is 26.6. The normalized spacial score (nSPS) is 15.9. The van der Waals surface area contributed by atoms with Crippen LogP contribution in [0.3, 0.4) is 0 Å². The van der Waals surface area contributed by atoms with Crippen LogP contribution in [0.25, 0.3) is 0 Å². The highest BCUT2D eigenvalue weighted by atomic mass is 19.2. The first-order valence-electron chi connectivity index (χ1n) is 9.15. The maximum Gasteiger partial charge on any atom is 0.253 e. The van der Waals surface area contributed by atoms with Crippen molar-refractivity contribution < 1.29 is 22.8 Å². The van der Waals surface area contributed by atoms with Crippen LogP contribution in [0.2, 0.25) is 0 Å². The number of carbonyl (C=O) groups excluding carboxylic acids is 2. The smallest absolute Gasteiger partial charge is 0.253 e. The third-order valence-electron chi connectivity index (χ3n) is 5.05. The van der Waals surface area contributed by atoms with E-state index in [9.17, 15) is 22.8 Å². The summed E-state index contributed by atoms with van der Waals surface area (Å²) in [6.07, 6.45) is 1.01. The predicted molar refractivity (Wildman–Crippen MR) is 97.9 cm³/mol. The Kier molecular flexibility index (Phi) is 6.02. The monoisotopic (exact) mass is 390 g/mol. The molecule has 1 aliphatic heterocycles. The van der Waals surface area contributed by atoms with Crippen LogP contribution in [0.1, 0.15) is 41.7 Å². The van der Waals surface area contributed by atoms with Crippen molar-refractivity contribution in [1.29, 1.82) is 0 Å². The number of nitrogens with one attached hydrogen (secondary N) is 1. The van der Waals surface area contributed by atoms with Crippen LogP contribution >= 0.6 is 0 Å². The average Bonchev–Trinajstić information content (AvgIpc) is 2.70. The fourth-order valence-electron chi connectivity index (χ4n) is 3.32. The summed E-state index contributed by atoms with van der Waals surface area (Å²) in [5.74, 6) is -2.90. The Morgan fingerprint density at radius 3 is 2.25 bits per heavy atom. The predicted octanol–water partition coefficient (Wildman–Crippen LogP) is 3.83. The molecule has 4 nitrogen and oxygen atoms in total. The number of rotatable bonds is 4. The van der Waals surface area contributed by atoms with E-state index in [4.69, 9.17) is 0 Å². The fourth-order valence-corrected chi connectivity index (χ4v) is 3.32. The van der Waals surface area contributed by atoms with Crippen LogP contribution in [-0.4, -0.2) is 29.8 Å². The molecule has 0 saturated carbocycles. The van der Waals surface area contributed by atoms with Gasteiger partial charge in [-0.2, -0.15) is 0 Å². The molecule has 7 heteroatoms. The Morgan fingerprint density at radius 2 is 1.64 bits per heavy atom. The standard InChI is InChI=1S/C21H21F3N2O2/c1-13(16-4-7-18(23)19(24)12-16)25-20(27)14-8-10-26(11-9-14)21(28)15-2-5-17(22)6-3-15/h2-7,12-14H,8-11H2,1H3,(H,25,27). The minimum atomic E-state index is -0.953. The van der Waals surface area contributed by atoms with Crippen LogP contribution in [0.5, 0.6) is 0 Å². The first-order valence-corrected chi connectivity index (χ1v) is 9.15. The van der Waals surface area contributed by atoms with Crippen LogP contribution in [0.4, 0.5) is 13.2 Å². The van der Waals surface area contributed by atoms with E-state index in [0.717, 1.165) is 12.1 Å². The molecule has 1 aliphatic rings. The number of carbonyl (C=O) groups is 2. The van der Waals surface area contributed by atoms with Gasteiger partial charge < -0.3 is 10.2 Å². The van der Waals surface area contributed by atoms with E-state index in [2.05, 4.69) is 5.32 Å². The molecule has 1 fully saturated rings. The van der Waals surface area contributed by atoms with Crippen LogP contribution in [0.15, 0.2) is 42.5 Å². The Morgan fingerprint density at radius 1 is 1.00 bits per heavy atom. The molecule has 3 rings (SSSR count). The van der Waals surface area contributed by atoms with Gasteiger partial charge in [0.1, 0.15) is 5.82 Å². The number of piperidine rings is 1. The van der Waals surface area contributed by atoms with Gasteiger partial charge in [0.15, 0.2) is 11.6 Å². The van der Waals surface area contributed by atoms with Crippen molar-refractivity contribution in [3.8, 4) is 0 Å². The van der Waals surface area contributed by atoms with Gasteiger partial charge in [0, 0.05) is 24.6 Å². The third-order valence-corrected chi connectivity index (χ3v) is 5.05. The topological polar surface area (TPSA) is 49.4 Å². The van der Waals surface area contributed by atoms with E-state index in [-0.39, 0.29) is 17.7 Å². The number of amides is 2. The molecule has 1 atom stereocenters. The Labute approximate surface area is 161 Å². The second kappa shape index (κ2) is 8.46. The Balaban J connectivity index is 1.53. The highest BCUT2D eigenvalue weighted by molar-refractivity contribution is 5.94. The third kappa shape index (κ3) is 4.52. The lowest BCUT2D eigenvalue weighted by Crippen LogP contribution is -2.43. The molecular weight excluding hydrogens is 369 g/mol. The molecule has 2 aromatic carbocycles. The summed E-state index contributed by atoms with van der Waals surface area (Å²) in [7, 11) is 0. The molecule has 0 radical (unpaired) electrons. The average molecular weight is 390 g/mol. The molecule has 1 heterocycles. The van der Waals surface area contributed by atoms with Crippen molar-refractivity contribution in [2.24, 2.45) is 5.92 Å². The van der Waals surface area contributed by atoms with E-state index in [1.165, 1.54) is 30.3 Å². The quantitative estimate of drug-likeness (QED) is 0.863. The van der Waals surface area contributed by atoms with E-state index >= 15 is 0 Å². The van der Waals surface area contributed by atoms with Gasteiger partial charge in [0.25, 0.3) is 5.91 Å². The number of halogens is 3. The van der Waals surface area contributed by atoms with Gasteiger partial charge in [-0.1, -0.05) is 6.07 Å². The number of benzene rings is 2. The summed E-state index contributed by atoms with van der Waals surface area (Å²) in [5, 5.41) is 2.82. The van der Waals surface area contributed by atoms with Gasteiger partial charge in [-0.25, -0.2) is 13.2 Å². The summed E-state index contributed by atoms with van der Waals surface area (Å²) in [6, 6.07) is 8.46. The Bertz CT molecular complexity index is 862. The summed E-state index contributed by atoms with van der Waals surface area (Å²) < 4.78 is 39.4. The van der Waals surface area contributed by atoms with Crippen molar-refractivity contribution >= 4 is 11.8 Å². The molecule has 0 aromatic heterocycles. The molecule has 1 N–H and O–H groups in total. The second-order valence-electron chi connectivity index (χ2n) is 6.98. The zero-order chi connectivity index (χ0) is 20.3.